The number of aromatic nitrogens is 1. The van der Waals surface area contributed by atoms with Crippen LogP contribution in [0.2, 0.25) is 0 Å². The average Bonchev–Trinajstić information content (AvgIpc) is 3.00. The lowest BCUT2D eigenvalue weighted by Crippen LogP contribution is -2.16. The zero-order valence-corrected chi connectivity index (χ0v) is 13.5. The summed E-state index contributed by atoms with van der Waals surface area (Å²) in [5, 5.41) is 15.7. The number of nitrogens with zero attached hydrogens (tertiary/aromatic N) is 1. The number of aliphatic carboxylic acids is 1. The van der Waals surface area contributed by atoms with Gasteiger partial charge in [-0.1, -0.05) is 24.2 Å². The van der Waals surface area contributed by atoms with Crippen molar-refractivity contribution < 1.29 is 19.2 Å². The Morgan fingerprint density at radius 3 is 2.67 bits per heavy atom. The topological polar surface area (TPSA) is 92.4 Å². The van der Waals surface area contributed by atoms with Crippen molar-refractivity contribution in [3.8, 4) is 0 Å². The summed E-state index contributed by atoms with van der Waals surface area (Å²) in [4.78, 5) is 23.3. The van der Waals surface area contributed by atoms with Crippen LogP contribution in [0.3, 0.4) is 0 Å². The first-order chi connectivity index (χ1) is 11.5. The number of carbonyl (C=O) groups is 2. The summed E-state index contributed by atoms with van der Waals surface area (Å²) in [5.74, 6) is -0.701. The van der Waals surface area contributed by atoms with Crippen molar-refractivity contribution in [3.63, 3.8) is 0 Å². The van der Waals surface area contributed by atoms with E-state index in [9.17, 15) is 9.59 Å². The molecule has 6 nitrogen and oxygen atoms in total. The Labute approximate surface area is 139 Å². The minimum Gasteiger partial charge on any atom is -0.481 e. The fraction of sp³-hybridized carbons (Fsp3) is 0.389. The Bertz CT molecular complexity index is 749. The number of rotatable bonds is 5. The first kappa shape index (κ1) is 16.2. The second-order valence-corrected chi connectivity index (χ2v) is 6.23. The van der Waals surface area contributed by atoms with Crippen molar-refractivity contribution in [2.24, 2.45) is 5.92 Å². The smallest absolute Gasteiger partial charge is 0.306 e. The van der Waals surface area contributed by atoms with Crippen molar-refractivity contribution in [3.05, 3.63) is 46.8 Å². The van der Waals surface area contributed by atoms with E-state index in [1.54, 1.807) is 19.1 Å². The van der Waals surface area contributed by atoms with Gasteiger partial charge in [0.05, 0.1) is 5.92 Å². The molecule has 1 aliphatic rings. The third-order valence-corrected chi connectivity index (χ3v) is 4.34. The van der Waals surface area contributed by atoms with Gasteiger partial charge in [0.2, 0.25) is 0 Å². The molecule has 2 aromatic rings. The van der Waals surface area contributed by atoms with E-state index in [4.69, 9.17) is 9.63 Å². The van der Waals surface area contributed by atoms with Crippen LogP contribution in [0.25, 0.3) is 0 Å². The molecular formula is C18H20N2O4. The molecule has 0 bridgehead atoms. The zero-order chi connectivity index (χ0) is 17.1. The molecule has 1 amide bonds. The highest BCUT2D eigenvalue weighted by Crippen LogP contribution is 2.25. The maximum Gasteiger partial charge on any atom is 0.306 e. The van der Waals surface area contributed by atoms with Gasteiger partial charge in [0.15, 0.2) is 5.69 Å². The van der Waals surface area contributed by atoms with Crippen LogP contribution < -0.4 is 5.32 Å². The van der Waals surface area contributed by atoms with E-state index >= 15 is 0 Å². The van der Waals surface area contributed by atoms with Crippen molar-refractivity contribution in [2.45, 2.75) is 39.0 Å². The van der Waals surface area contributed by atoms with Crippen LogP contribution in [0, 0.1) is 5.92 Å². The van der Waals surface area contributed by atoms with Crippen LogP contribution in [0.1, 0.15) is 47.1 Å². The van der Waals surface area contributed by atoms with Gasteiger partial charge >= 0.3 is 5.97 Å². The zero-order valence-electron chi connectivity index (χ0n) is 13.5. The molecule has 3 rings (SSSR count). The number of benzene rings is 1. The average molecular weight is 328 g/mol. The van der Waals surface area contributed by atoms with E-state index in [2.05, 4.69) is 10.5 Å². The molecule has 1 unspecified atom stereocenters. The Morgan fingerprint density at radius 1 is 1.25 bits per heavy atom. The number of amides is 1. The van der Waals surface area contributed by atoms with Gasteiger partial charge in [0.25, 0.3) is 5.91 Å². The van der Waals surface area contributed by atoms with Crippen molar-refractivity contribution >= 4 is 17.6 Å². The second-order valence-electron chi connectivity index (χ2n) is 6.23. The molecule has 6 heteroatoms. The first-order valence-corrected chi connectivity index (χ1v) is 8.15. The number of hydrogen-bond acceptors (Lipinski definition) is 4. The minimum atomic E-state index is -0.816. The van der Waals surface area contributed by atoms with E-state index in [1.165, 1.54) is 0 Å². The second kappa shape index (κ2) is 6.86. The van der Waals surface area contributed by atoms with Crippen LogP contribution in [0.4, 0.5) is 5.69 Å². The number of anilines is 1. The largest absolute Gasteiger partial charge is 0.481 e. The minimum absolute atomic E-state index is 0.270. The molecule has 0 saturated carbocycles. The molecule has 0 spiro atoms. The Morgan fingerprint density at radius 2 is 1.96 bits per heavy atom. The molecule has 2 N–H and O–H groups in total. The van der Waals surface area contributed by atoms with Crippen LogP contribution in [-0.2, 0) is 24.1 Å². The predicted octanol–water partition coefficient (Wildman–Crippen LogP) is 3.07. The van der Waals surface area contributed by atoms with Crippen LogP contribution >= 0.6 is 0 Å². The summed E-state index contributed by atoms with van der Waals surface area (Å²) in [5.41, 5.74) is 2.86. The SMILES string of the molecule is CC(Cc1ccc(NC(=O)c2noc3c2CCCC3)cc1)C(=O)O. The first-order valence-electron chi connectivity index (χ1n) is 8.15. The molecule has 0 saturated heterocycles. The summed E-state index contributed by atoms with van der Waals surface area (Å²) in [6.45, 7) is 1.67. The van der Waals surface area contributed by atoms with E-state index in [-0.39, 0.29) is 5.91 Å². The summed E-state index contributed by atoms with van der Waals surface area (Å²) >= 11 is 0. The van der Waals surface area contributed by atoms with Crippen LogP contribution in [0.5, 0.6) is 0 Å². The van der Waals surface area contributed by atoms with E-state index in [0.29, 0.717) is 17.8 Å². The summed E-state index contributed by atoms with van der Waals surface area (Å²) in [6.07, 6.45) is 4.24. The maximum absolute atomic E-state index is 12.4. The highest BCUT2D eigenvalue weighted by atomic mass is 16.5. The fourth-order valence-corrected chi connectivity index (χ4v) is 2.92. The summed E-state index contributed by atoms with van der Waals surface area (Å²) < 4.78 is 5.26. The molecule has 1 atom stereocenters. The Kier molecular flexibility index (Phi) is 4.64. The van der Waals surface area contributed by atoms with E-state index < -0.39 is 11.9 Å². The number of carboxylic acid groups (broad SMARTS) is 1. The molecule has 1 aromatic heterocycles. The van der Waals surface area contributed by atoms with Crippen molar-refractivity contribution in [1.82, 2.24) is 5.16 Å². The lowest BCUT2D eigenvalue weighted by atomic mass is 9.96. The van der Waals surface area contributed by atoms with Gasteiger partial charge < -0.3 is 14.9 Å². The van der Waals surface area contributed by atoms with Gasteiger partial charge in [-0.3, -0.25) is 9.59 Å². The van der Waals surface area contributed by atoms with Gasteiger partial charge in [0.1, 0.15) is 5.76 Å². The number of fused-ring (bicyclic) bond motifs is 1. The summed E-state index contributed by atoms with van der Waals surface area (Å²) in [7, 11) is 0. The predicted molar refractivity (Wildman–Crippen MR) is 88.0 cm³/mol. The molecule has 0 aliphatic heterocycles. The van der Waals surface area contributed by atoms with Crippen LogP contribution in [0.15, 0.2) is 28.8 Å². The lowest BCUT2D eigenvalue weighted by Gasteiger charge is -2.10. The molecule has 1 heterocycles. The molecular weight excluding hydrogens is 308 g/mol. The third-order valence-electron chi connectivity index (χ3n) is 4.34. The van der Waals surface area contributed by atoms with Gasteiger partial charge in [-0.25, -0.2) is 0 Å². The van der Waals surface area contributed by atoms with Gasteiger partial charge in [-0.15, -0.1) is 0 Å². The van der Waals surface area contributed by atoms with Gasteiger partial charge in [-0.2, -0.15) is 0 Å². The normalized spacial score (nSPS) is 14.7. The molecule has 0 fully saturated rings. The molecule has 0 radical (unpaired) electrons. The number of nitrogens with one attached hydrogen (secondary N) is 1. The Hall–Kier alpha value is -2.63. The number of carbonyl (C=O) groups excluding carboxylic acids is 1. The van der Waals surface area contributed by atoms with E-state index in [1.807, 2.05) is 12.1 Å². The molecule has 1 aromatic carbocycles. The van der Waals surface area contributed by atoms with Crippen molar-refractivity contribution in [2.75, 3.05) is 5.32 Å². The van der Waals surface area contributed by atoms with Gasteiger partial charge in [0, 0.05) is 17.7 Å². The van der Waals surface area contributed by atoms with E-state index in [0.717, 1.165) is 42.6 Å². The maximum atomic E-state index is 12.4. The van der Waals surface area contributed by atoms with Gasteiger partial charge in [-0.05, 0) is 43.4 Å². The lowest BCUT2D eigenvalue weighted by molar-refractivity contribution is -0.141. The fourth-order valence-electron chi connectivity index (χ4n) is 2.92. The summed E-state index contributed by atoms with van der Waals surface area (Å²) in [6, 6.07) is 7.20. The highest BCUT2D eigenvalue weighted by molar-refractivity contribution is 6.03. The molecule has 126 valence electrons. The quantitative estimate of drug-likeness (QED) is 0.880. The monoisotopic (exact) mass is 328 g/mol. The Balaban J connectivity index is 1.66. The molecule has 1 aliphatic carbocycles. The standard InChI is InChI=1S/C18H20N2O4/c1-11(18(22)23)10-12-6-8-13(9-7-12)19-17(21)16-14-4-2-3-5-15(14)24-20-16/h6-9,11H,2-5,10H2,1H3,(H,19,21)(H,22,23). The number of hydrogen-bond donors (Lipinski definition) is 2. The number of aryl methyl sites for hydroxylation is 1. The molecule has 24 heavy (non-hydrogen) atoms. The van der Waals surface area contributed by atoms with Crippen molar-refractivity contribution in [1.29, 1.82) is 0 Å². The van der Waals surface area contributed by atoms with Crippen LogP contribution in [-0.4, -0.2) is 22.1 Å². The number of carboxylic acids is 1. The third kappa shape index (κ3) is 3.48. The highest BCUT2D eigenvalue weighted by Gasteiger charge is 2.24.